The number of fused-ring (bicyclic) bond motifs is 1. The summed E-state index contributed by atoms with van der Waals surface area (Å²) in [6.07, 6.45) is 5.54. The highest BCUT2D eigenvalue weighted by Crippen LogP contribution is 2.40. The summed E-state index contributed by atoms with van der Waals surface area (Å²) in [6, 6.07) is 0. The second-order valence-electron chi connectivity index (χ2n) is 3.63. The van der Waals surface area contributed by atoms with Crippen molar-refractivity contribution in [1.82, 2.24) is 5.32 Å². The number of allylic oxidation sites excluding steroid dienone is 1. The highest BCUT2D eigenvalue weighted by atomic mass is 16.2. The van der Waals surface area contributed by atoms with Gasteiger partial charge in [-0.15, -0.1) is 0 Å². The van der Waals surface area contributed by atoms with Crippen LogP contribution in [0, 0.1) is 11.3 Å². The van der Waals surface area contributed by atoms with E-state index in [9.17, 15) is 9.59 Å². The molecule has 2 atom stereocenters. The zero-order valence-corrected chi connectivity index (χ0v) is 6.96. The molecule has 0 saturated carbocycles. The normalized spacial score (nSPS) is 39.6. The van der Waals surface area contributed by atoms with Crippen molar-refractivity contribution in [2.45, 2.75) is 19.8 Å². The first kappa shape index (κ1) is 7.53. The highest BCUT2D eigenvalue weighted by molar-refractivity contribution is 6.08. The van der Waals surface area contributed by atoms with Gasteiger partial charge in [0.05, 0.1) is 11.3 Å². The van der Waals surface area contributed by atoms with Gasteiger partial charge in [0.15, 0.2) is 0 Å². The summed E-state index contributed by atoms with van der Waals surface area (Å²) in [5.74, 6) is -0.379. The number of carbonyl (C=O) groups is 2. The van der Waals surface area contributed by atoms with Crippen LogP contribution in [0.4, 0.5) is 0 Å². The molecule has 1 aliphatic heterocycles. The molecule has 0 aromatic heterocycles. The van der Waals surface area contributed by atoms with Crippen LogP contribution in [0.3, 0.4) is 0 Å². The topological polar surface area (TPSA) is 46.2 Å². The summed E-state index contributed by atoms with van der Waals surface area (Å²) < 4.78 is 0. The third-order valence-electron chi connectivity index (χ3n) is 2.85. The Morgan fingerprint density at radius 1 is 1.58 bits per heavy atom. The summed E-state index contributed by atoms with van der Waals surface area (Å²) in [5.41, 5.74) is -0.560. The Hall–Kier alpha value is -1.12. The molecule has 1 aliphatic carbocycles. The van der Waals surface area contributed by atoms with Crippen LogP contribution < -0.4 is 5.32 Å². The lowest BCUT2D eigenvalue weighted by Crippen LogP contribution is -2.31. The molecule has 0 radical (unpaired) electrons. The van der Waals surface area contributed by atoms with Crippen molar-refractivity contribution >= 4 is 11.8 Å². The Bertz CT molecular complexity index is 282. The maximum atomic E-state index is 11.4. The quantitative estimate of drug-likeness (QED) is 0.422. The van der Waals surface area contributed by atoms with Gasteiger partial charge in [0.25, 0.3) is 0 Å². The highest BCUT2D eigenvalue weighted by Gasteiger charge is 2.50. The van der Waals surface area contributed by atoms with Crippen molar-refractivity contribution < 1.29 is 9.59 Å². The van der Waals surface area contributed by atoms with E-state index in [1.807, 2.05) is 19.1 Å². The van der Waals surface area contributed by atoms with E-state index < -0.39 is 5.41 Å². The van der Waals surface area contributed by atoms with E-state index in [2.05, 4.69) is 5.32 Å². The largest absolute Gasteiger partial charge is 0.295 e. The third-order valence-corrected chi connectivity index (χ3v) is 2.85. The molecule has 3 nitrogen and oxygen atoms in total. The first-order chi connectivity index (χ1) is 5.64. The van der Waals surface area contributed by atoms with Crippen LogP contribution in [0.2, 0.25) is 0 Å². The fraction of sp³-hybridized carbons (Fsp3) is 0.556. The number of rotatable bonds is 0. The Morgan fingerprint density at radius 2 is 2.33 bits per heavy atom. The van der Waals surface area contributed by atoms with Gasteiger partial charge >= 0.3 is 0 Å². The first-order valence-corrected chi connectivity index (χ1v) is 4.17. The molecule has 2 rings (SSSR count). The molecule has 0 bridgehead atoms. The Morgan fingerprint density at radius 3 is 3.00 bits per heavy atom. The monoisotopic (exact) mass is 165 g/mol. The van der Waals surface area contributed by atoms with E-state index in [1.54, 1.807) is 0 Å². The number of nitrogens with one attached hydrogen (secondary N) is 1. The molecule has 0 spiro atoms. The van der Waals surface area contributed by atoms with Gasteiger partial charge in [-0.1, -0.05) is 12.2 Å². The molecule has 0 aromatic rings. The molecule has 0 aromatic carbocycles. The van der Waals surface area contributed by atoms with Gasteiger partial charge in [0.1, 0.15) is 0 Å². The number of carbonyl (C=O) groups excluding carboxylic acids is 2. The third kappa shape index (κ3) is 0.763. The van der Waals surface area contributed by atoms with Gasteiger partial charge in [0.2, 0.25) is 11.8 Å². The summed E-state index contributed by atoms with van der Waals surface area (Å²) in [4.78, 5) is 22.6. The standard InChI is InChI=1S/C9H11NO2/c1-9-5-3-2-4-6(9)7(11)10-8(9)12/h3,5-6H,2,4H2,1H3,(H,10,11,12). The fourth-order valence-corrected chi connectivity index (χ4v) is 1.98. The van der Waals surface area contributed by atoms with Gasteiger partial charge in [-0.05, 0) is 19.8 Å². The molecule has 2 unspecified atom stereocenters. The molecule has 12 heavy (non-hydrogen) atoms. The number of amides is 2. The van der Waals surface area contributed by atoms with Crippen molar-refractivity contribution in [2.75, 3.05) is 0 Å². The second kappa shape index (κ2) is 2.19. The number of hydrogen-bond acceptors (Lipinski definition) is 2. The van der Waals surface area contributed by atoms with Gasteiger partial charge in [-0.25, -0.2) is 0 Å². The van der Waals surface area contributed by atoms with Crippen molar-refractivity contribution in [3.8, 4) is 0 Å². The summed E-state index contributed by atoms with van der Waals surface area (Å²) in [7, 11) is 0. The smallest absolute Gasteiger partial charge is 0.237 e. The van der Waals surface area contributed by atoms with E-state index in [4.69, 9.17) is 0 Å². The zero-order valence-electron chi connectivity index (χ0n) is 6.96. The van der Waals surface area contributed by atoms with Crippen LogP contribution in [-0.2, 0) is 9.59 Å². The average Bonchev–Trinajstić information content (AvgIpc) is 2.25. The van der Waals surface area contributed by atoms with Crippen LogP contribution in [0.5, 0.6) is 0 Å². The predicted octanol–water partition coefficient (Wildman–Crippen LogP) is 0.615. The maximum Gasteiger partial charge on any atom is 0.237 e. The van der Waals surface area contributed by atoms with Crippen molar-refractivity contribution in [3.05, 3.63) is 12.2 Å². The molecule has 1 fully saturated rings. The molecule has 1 N–H and O–H groups in total. The van der Waals surface area contributed by atoms with Crippen molar-refractivity contribution in [2.24, 2.45) is 11.3 Å². The minimum atomic E-state index is -0.560. The molecule has 2 amide bonds. The summed E-state index contributed by atoms with van der Waals surface area (Å²) in [5, 5.41) is 2.37. The van der Waals surface area contributed by atoms with Crippen molar-refractivity contribution in [3.63, 3.8) is 0 Å². The Kier molecular flexibility index (Phi) is 1.37. The maximum absolute atomic E-state index is 11.4. The van der Waals surface area contributed by atoms with Crippen LogP contribution in [0.15, 0.2) is 12.2 Å². The molecular weight excluding hydrogens is 154 g/mol. The van der Waals surface area contributed by atoms with E-state index in [0.29, 0.717) is 0 Å². The molecule has 1 saturated heterocycles. The second-order valence-corrected chi connectivity index (χ2v) is 3.63. The summed E-state index contributed by atoms with van der Waals surface area (Å²) in [6.45, 7) is 1.83. The molecular formula is C9H11NO2. The lowest BCUT2D eigenvalue weighted by Gasteiger charge is -2.26. The lowest BCUT2D eigenvalue weighted by atomic mass is 9.73. The van der Waals surface area contributed by atoms with E-state index in [-0.39, 0.29) is 17.7 Å². The van der Waals surface area contributed by atoms with Gasteiger partial charge in [-0.2, -0.15) is 0 Å². The van der Waals surface area contributed by atoms with Gasteiger partial charge in [0, 0.05) is 0 Å². The Balaban J connectivity index is 2.44. The fourth-order valence-electron chi connectivity index (χ4n) is 1.98. The average molecular weight is 165 g/mol. The van der Waals surface area contributed by atoms with Crippen molar-refractivity contribution in [1.29, 1.82) is 0 Å². The van der Waals surface area contributed by atoms with E-state index in [1.165, 1.54) is 0 Å². The van der Waals surface area contributed by atoms with E-state index >= 15 is 0 Å². The molecule has 1 heterocycles. The Labute approximate surface area is 70.8 Å². The molecule has 2 aliphatic rings. The van der Waals surface area contributed by atoms with Gasteiger partial charge < -0.3 is 0 Å². The van der Waals surface area contributed by atoms with E-state index in [0.717, 1.165) is 12.8 Å². The number of hydrogen-bond donors (Lipinski definition) is 1. The minimum Gasteiger partial charge on any atom is -0.295 e. The van der Waals surface area contributed by atoms with Gasteiger partial charge in [-0.3, -0.25) is 14.9 Å². The first-order valence-electron chi connectivity index (χ1n) is 4.17. The van der Waals surface area contributed by atoms with Crippen LogP contribution in [0.1, 0.15) is 19.8 Å². The number of imide groups is 1. The zero-order chi connectivity index (χ0) is 8.77. The lowest BCUT2D eigenvalue weighted by molar-refractivity contribution is -0.126. The molecule has 3 heteroatoms. The summed E-state index contributed by atoms with van der Waals surface area (Å²) >= 11 is 0. The molecule has 64 valence electrons. The van der Waals surface area contributed by atoms with Crippen LogP contribution >= 0.6 is 0 Å². The minimum absolute atomic E-state index is 0.105. The SMILES string of the molecule is CC12C=CCCC1C(=O)NC2=O. The van der Waals surface area contributed by atoms with Crippen LogP contribution in [-0.4, -0.2) is 11.8 Å². The van der Waals surface area contributed by atoms with Crippen LogP contribution in [0.25, 0.3) is 0 Å². The predicted molar refractivity (Wildman–Crippen MR) is 43.1 cm³/mol.